The molecular formula is C53H102O6. The second kappa shape index (κ2) is 45.9. The van der Waals surface area contributed by atoms with Crippen LogP contribution in [0.5, 0.6) is 0 Å². The Hall–Kier alpha value is -1.59. The predicted octanol–water partition coefficient (Wildman–Crippen LogP) is 16.9. The first-order valence-corrected chi connectivity index (χ1v) is 26.3. The molecule has 0 amide bonds. The van der Waals surface area contributed by atoms with Crippen LogP contribution in [0.4, 0.5) is 0 Å². The summed E-state index contributed by atoms with van der Waals surface area (Å²) < 4.78 is 16.8. The summed E-state index contributed by atoms with van der Waals surface area (Å²) in [5.74, 6) is 0.807. The maximum Gasteiger partial charge on any atom is 0.306 e. The van der Waals surface area contributed by atoms with E-state index in [1.54, 1.807) is 0 Å². The molecule has 1 unspecified atom stereocenters. The van der Waals surface area contributed by atoms with Crippen LogP contribution in [0.25, 0.3) is 0 Å². The fourth-order valence-electron chi connectivity index (χ4n) is 7.96. The van der Waals surface area contributed by atoms with Gasteiger partial charge in [0.25, 0.3) is 0 Å². The van der Waals surface area contributed by atoms with Crippen molar-refractivity contribution in [2.75, 3.05) is 13.2 Å². The Bertz CT molecular complexity index is 902. The van der Waals surface area contributed by atoms with Crippen molar-refractivity contribution < 1.29 is 28.6 Å². The quantitative estimate of drug-likeness (QED) is 0.0345. The molecule has 2 atom stereocenters. The highest BCUT2D eigenvalue weighted by molar-refractivity contribution is 5.71. The number of hydrogen-bond donors (Lipinski definition) is 0. The van der Waals surface area contributed by atoms with Gasteiger partial charge in [-0.2, -0.15) is 0 Å². The molecule has 350 valence electrons. The van der Waals surface area contributed by atoms with Gasteiger partial charge in [-0.3, -0.25) is 14.4 Å². The van der Waals surface area contributed by atoms with E-state index in [-0.39, 0.29) is 31.1 Å². The molecule has 0 aromatic heterocycles. The lowest BCUT2D eigenvalue weighted by atomic mass is 9.99. The molecule has 0 aliphatic rings. The maximum atomic E-state index is 12.8. The molecule has 0 heterocycles. The van der Waals surface area contributed by atoms with Crippen LogP contribution in [0.15, 0.2) is 0 Å². The maximum absolute atomic E-state index is 12.8. The summed E-state index contributed by atoms with van der Waals surface area (Å²) in [6.45, 7) is 11.4. The first kappa shape index (κ1) is 57.4. The Balaban J connectivity index is 4.31. The van der Waals surface area contributed by atoms with Gasteiger partial charge in [0, 0.05) is 19.3 Å². The van der Waals surface area contributed by atoms with Gasteiger partial charge in [-0.05, 0) is 31.1 Å². The van der Waals surface area contributed by atoms with Crippen LogP contribution in [0, 0.1) is 11.8 Å². The highest BCUT2D eigenvalue weighted by Gasteiger charge is 2.19. The summed E-state index contributed by atoms with van der Waals surface area (Å²) in [6.07, 6.45) is 46.6. The van der Waals surface area contributed by atoms with Crippen molar-refractivity contribution in [3.8, 4) is 0 Å². The molecule has 6 nitrogen and oxygen atoms in total. The van der Waals surface area contributed by atoms with Crippen molar-refractivity contribution in [3.05, 3.63) is 0 Å². The molecular weight excluding hydrogens is 733 g/mol. The SMILES string of the molecule is CCCCCCCCCCCCCCCCCCCC(=O)O[C@@H](COC(=O)CCCCCCCCCCCC(C)C)COC(=O)CCCCCCCCCCC(C)CC. The number of unbranched alkanes of at least 4 members (excludes halogenated alkanes) is 31. The minimum Gasteiger partial charge on any atom is -0.462 e. The molecule has 0 aliphatic carbocycles. The summed E-state index contributed by atoms with van der Waals surface area (Å²) >= 11 is 0. The largest absolute Gasteiger partial charge is 0.462 e. The molecule has 0 aliphatic heterocycles. The van der Waals surface area contributed by atoms with E-state index in [4.69, 9.17) is 14.2 Å². The molecule has 0 bridgehead atoms. The Morgan fingerprint density at radius 1 is 0.356 bits per heavy atom. The van der Waals surface area contributed by atoms with Crippen LogP contribution < -0.4 is 0 Å². The molecule has 0 aromatic rings. The number of carbonyl (C=O) groups is 3. The lowest BCUT2D eigenvalue weighted by molar-refractivity contribution is -0.167. The molecule has 0 radical (unpaired) electrons. The van der Waals surface area contributed by atoms with Gasteiger partial charge in [-0.25, -0.2) is 0 Å². The number of ether oxygens (including phenoxy) is 3. The topological polar surface area (TPSA) is 78.9 Å². The van der Waals surface area contributed by atoms with E-state index in [0.717, 1.165) is 69.6 Å². The van der Waals surface area contributed by atoms with Crippen molar-refractivity contribution in [1.82, 2.24) is 0 Å². The van der Waals surface area contributed by atoms with Gasteiger partial charge in [0.05, 0.1) is 0 Å². The number of rotatable bonds is 47. The molecule has 0 aromatic carbocycles. The van der Waals surface area contributed by atoms with Crippen LogP contribution in [0.1, 0.15) is 291 Å². The second-order valence-corrected chi connectivity index (χ2v) is 18.9. The van der Waals surface area contributed by atoms with Crippen LogP contribution in [-0.4, -0.2) is 37.2 Å². The third-order valence-electron chi connectivity index (χ3n) is 12.3. The van der Waals surface area contributed by atoms with Crippen molar-refractivity contribution in [2.45, 2.75) is 298 Å². The van der Waals surface area contributed by atoms with Gasteiger partial charge in [-0.15, -0.1) is 0 Å². The fraction of sp³-hybridized carbons (Fsp3) is 0.943. The van der Waals surface area contributed by atoms with E-state index in [9.17, 15) is 14.4 Å². The Morgan fingerprint density at radius 3 is 0.966 bits per heavy atom. The smallest absolute Gasteiger partial charge is 0.306 e. The molecule has 0 saturated carbocycles. The van der Waals surface area contributed by atoms with Gasteiger partial charge < -0.3 is 14.2 Å². The van der Waals surface area contributed by atoms with Crippen molar-refractivity contribution >= 4 is 17.9 Å². The highest BCUT2D eigenvalue weighted by atomic mass is 16.6. The van der Waals surface area contributed by atoms with E-state index in [1.165, 1.54) is 180 Å². The summed E-state index contributed by atoms with van der Waals surface area (Å²) in [4.78, 5) is 37.9. The molecule has 59 heavy (non-hydrogen) atoms. The second-order valence-electron chi connectivity index (χ2n) is 18.9. The monoisotopic (exact) mass is 835 g/mol. The first-order valence-electron chi connectivity index (χ1n) is 26.3. The van der Waals surface area contributed by atoms with Crippen molar-refractivity contribution in [3.63, 3.8) is 0 Å². The fourth-order valence-corrected chi connectivity index (χ4v) is 7.96. The van der Waals surface area contributed by atoms with Crippen LogP contribution in [0.3, 0.4) is 0 Å². The van der Waals surface area contributed by atoms with E-state index in [1.807, 2.05) is 0 Å². The molecule has 6 heteroatoms. The third-order valence-corrected chi connectivity index (χ3v) is 12.3. The molecule has 0 N–H and O–H groups in total. The lowest BCUT2D eigenvalue weighted by Crippen LogP contribution is -2.30. The first-order chi connectivity index (χ1) is 28.8. The molecule has 0 rings (SSSR count). The average Bonchev–Trinajstić information content (AvgIpc) is 3.22. The molecule has 0 fully saturated rings. The Morgan fingerprint density at radius 2 is 0.644 bits per heavy atom. The van der Waals surface area contributed by atoms with Gasteiger partial charge in [-0.1, -0.05) is 253 Å². The summed E-state index contributed by atoms with van der Waals surface area (Å²) in [5, 5.41) is 0. The lowest BCUT2D eigenvalue weighted by Gasteiger charge is -2.18. The van der Waals surface area contributed by atoms with Crippen molar-refractivity contribution in [1.29, 1.82) is 0 Å². The van der Waals surface area contributed by atoms with Crippen LogP contribution in [-0.2, 0) is 28.6 Å². The molecule has 0 spiro atoms. The van der Waals surface area contributed by atoms with Gasteiger partial charge in [0.2, 0.25) is 0 Å². The zero-order valence-electron chi connectivity index (χ0n) is 40.4. The number of carbonyl (C=O) groups excluding carboxylic acids is 3. The van der Waals surface area contributed by atoms with E-state index in [0.29, 0.717) is 19.3 Å². The summed E-state index contributed by atoms with van der Waals surface area (Å²) in [5.41, 5.74) is 0. The van der Waals surface area contributed by atoms with E-state index in [2.05, 4.69) is 34.6 Å². The summed E-state index contributed by atoms with van der Waals surface area (Å²) in [6, 6.07) is 0. The number of esters is 3. The van der Waals surface area contributed by atoms with Crippen LogP contribution >= 0.6 is 0 Å². The van der Waals surface area contributed by atoms with Crippen molar-refractivity contribution in [2.24, 2.45) is 11.8 Å². The Labute approximate surface area is 368 Å². The minimum atomic E-state index is -0.762. The summed E-state index contributed by atoms with van der Waals surface area (Å²) in [7, 11) is 0. The molecule has 0 saturated heterocycles. The zero-order valence-corrected chi connectivity index (χ0v) is 40.4. The third kappa shape index (κ3) is 45.8. The van der Waals surface area contributed by atoms with Gasteiger partial charge >= 0.3 is 17.9 Å². The normalized spacial score (nSPS) is 12.5. The highest BCUT2D eigenvalue weighted by Crippen LogP contribution is 2.18. The standard InChI is InChI=1S/C53H102O6/c1-6-8-9-10-11-12-13-14-15-16-17-18-19-22-30-35-40-45-53(56)59-50(46-57-51(54)43-38-33-28-23-20-21-26-31-36-41-48(3)4)47-58-52(55)44-39-34-29-25-24-27-32-37-42-49(5)7-2/h48-50H,6-47H2,1-5H3/t49?,50-/m0/s1. The predicted molar refractivity (Wildman–Crippen MR) is 252 cm³/mol. The van der Waals surface area contributed by atoms with Gasteiger partial charge in [0.15, 0.2) is 6.10 Å². The van der Waals surface area contributed by atoms with E-state index >= 15 is 0 Å². The van der Waals surface area contributed by atoms with Gasteiger partial charge in [0.1, 0.15) is 13.2 Å². The van der Waals surface area contributed by atoms with Crippen LogP contribution in [0.2, 0.25) is 0 Å². The number of hydrogen-bond acceptors (Lipinski definition) is 6. The van der Waals surface area contributed by atoms with E-state index < -0.39 is 6.10 Å². The zero-order chi connectivity index (χ0) is 43.3. The average molecular weight is 835 g/mol. The Kier molecular flexibility index (Phi) is 44.7. The minimum absolute atomic E-state index is 0.0644.